The van der Waals surface area contributed by atoms with E-state index in [-0.39, 0.29) is 17.9 Å². The van der Waals surface area contributed by atoms with Gasteiger partial charge in [0.05, 0.1) is 0 Å². The van der Waals surface area contributed by atoms with Gasteiger partial charge in [0, 0.05) is 35.5 Å². The number of nitrogen functional groups attached to an aromatic ring is 1. The first kappa shape index (κ1) is 21.4. The highest BCUT2D eigenvalue weighted by molar-refractivity contribution is 5.92. The molecule has 1 aliphatic carbocycles. The van der Waals surface area contributed by atoms with E-state index >= 15 is 0 Å². The zero-order valence-corrected chi connectivity index (χ0v) is 18.1. The van der Waals surface area contributed by atoms with E-state index in [9.17, 15) is 9.59 Å². The summed E-state index contributed by atoms with van der Waals surface area (Å²) in [6.07, 6.45) is 2.32. The minimum Gasteiger partial charge on any atom is -0.489 e. The van der Waals surface area contributed by atoms with Gasteiger partial charge < -0.3 is 20.2 Å². The summed E-state index contributed by atoms with van der Waals surface area (Å²) >= 11 is 0. The van der Waals surface area contributed by atoms with Crippen molar-refractivity contribution in [3.05, 3.63) is 69.9 Å². The number of hydrogen-bond acceptors (Lipinski definition) is 6. The molecule has 0 radical (unpaired) electrons. The molecule has 4 rings (SSSR count). The Morgan fingerprint density at radius 1 is 1.16 bits per heavy atom. The van der Waals surface area contributed by atoms with Gasteiger partial charge in [0.2, 0.25) is 5.91 Å². The summed E-state index contributed by atoms with van der Waals surface area (Å²) in [7, 11) is 0. The van der Waals surface area contributed by atoms with Crippen molar-refractivity contribution in [2.75, 3.05) is 11.1 Å². The van der Waals surface area contributed by atoms with E-state index in [4.69, 9.17) is 14.9 Å². The first-order valence-electron chi connectivity index (χ1n) is 10.6. The third kappa shape index (κ3) is 4.56. The van der Waals surface area contributed by atoms with E-state index in [1.165, 1.54) is 12.1 Å². The van der Waals surface area contributed by atoms with Crippen LogP contribution < -0.4 is 21.2 Å². The van der Waals surface area contributed by atoms with Crippen LogP contribution in [0.25, 0.3) is 22.6 Å². The molecule has 7 heteroatoms. The van der Waals surface area contributed by atoms with Gasteiger partial charge in [-0.2, -0.15) is 0 Å². The minimum atomic E-state index is -0.134. The van der Waals surface area contributed by atoms with Crippen LogP contribution >= 0.6 is 0 Å². The number of hydrogen-bond donors (Lipinski definition) is 2. The van der Waals surface area contributed by atoms with Crippen LogP contribution in [0.15, 0.2) is 57.7 Å². The highest BCUT2D eigenvalue weighted by Gasteiger charge is 2.12. The van der Waals surface area contributed by atoms with E-state index in [0.717, 1.165) is 24.0 Å². The second-order valence-electron chi connectivity index (χ2n) is 7.72. The molecule has 0 saturated heterocycles. The number of aromatic nitrogens is 1. The van der Waals surface area contributed by atoms with Gasteiger partial charge in [-0.15, -0.1) is 0 Å². The van der Waals surface area contributed by atoms with Gasteiger partial charge in [-0.1, -0.05) is 19.4 Å². The fourth-order valence-electron chi connectivity index (χ4n) is 3.43. The fourth-order valence-corrected chi connectivity index (χ4v) is 3.43. The number of ether oxygens (including phenoxy) is 1. The largest absolute Gasteiger partial charge is 0.489 e. The molecule has 2 aliphatic rings. The molecule has 1 aliphatic heterocycles. The maximum absolute atomic E-state index is 12.0. The normalized spacial score (nSPS) is 11.1. The summed E-state index contributed by atoms with van der Waals surface area (Å²) in [4.78, 5) is 28.1. The monoisotopic (exact) mass is 431 g/mol. The predicted molar refractivity (Wildman–Crippen MR) is 125 cm³/mol. The van der Waals surface area contributed by atoms with Crippen LogP contribution in [0, 0.1) is 6.92 Å². The average molecular weight is 431 g/mol. The molecule has 0 bridgehead atoms. The van der Waals surface area contributed by atoms with Gasteiger partial charge >= 0.3 is 0 Å². The molecule has 0 fully saturated rings. The van der Waals surface area contributed by atoms with Crippen molar-refractivity contribution in [1.82, 2.24) is 4.98 Å². The van der Waals surface area contributed by atoms with Crippen molar-refractivity contribution < 1.29 is 13.9 Å². The predicted octanol–water partition coefficient (Wildman–Crippen LogP) is 4.89. The summed E-state index contributed by atoms with van der Waals surface area (Å²) in [5, 5.41) is 2.92. The lowest BCUT2D eigenvalue weighted by Crippen LogP contribution is -2.13. The maximum Gasteiger partial charge on any atom is 0.224 e. The Balaban J connectivity index is 1.51. The van der Waals surface area contributed by atoms with E-state index in [1.54, 1.807) is 12.1 Å². The summed E-state index contributed by atoms with van der Waals surface area (Å²) in [6.45, 7) is 4.19. The second-order valence-corrected chi connectivity index (χ2v) is 7.72. The first-order chi connectivity index (χ1) is 15.4. The molecule has 2 aromatic rings. The van der Waals surface area contributed by atoms with Gasteiger partial charge in [-0.3, -0.25) is 9.59 Å². The highest BCUT2D eigenvalue weighted by Crippen LogP contribution is 2.29. The van der Waals surface area contributed by atoms with Crippen LogP contribution in [0.5, 0.6) is 5.75 Å². The van der Waals surface area contributed by atoms with Crippen LogP contribution in [-0.4, -0.2) is 10.9 Å². The van der Waals surface area contributed by atoms with Crippen LogP contribution in [-0.2, 0) is 11.4 Å². The molecule has 0 unspecified atom stereocenters. The lowest BCUT2D eigenvalue weighted by molar-refractivity contribution is -0.116. The van der Waals surface area contributed by atoms with Gasteiger partial charge in [0.15, 0.2) is 16.8 Å². The van der Waals surface area contributed by atoms with Gasteiger partial charge in [0.25, 0.3) is 0 Å². The van der Waals surface area contributed by atoms with Crippen LogP contribution in [0.2, 0.25) is 0 Å². The van der Waals surface area contributed by atoms with Gasteiger partial charge in [0.1, 0.15) is 23.6 Å². The lowest BCUT2D eigenvalue weighted by Gasteiger charge is -2.15. The molecule has 0 atom stereocenters. The molecule has 164 valence electrons. The van der Waals surface area contributed by atoms with E-state index in [1.807, 2.05) is 31.2 Å². The van der Waals surface area contributed by atoms with Crippen LogP contribution in [0.3, 0.4) is 0 Å². The molecule has 0 aromatic heterocycles. The molecule has 3 N–H and O–H groups in total. The molecule has 1 heterocycles. The number of benzene rings is 3. The van der Waals surface area contributed by atoms with Crippen LogP contribution in [0.1, 0.15) is 37.3 Å². The van der Waals surface area contributed by atoms with E-state index in [2.05, 4.69) is 17.2 Å². The topological polar surface area (TPSA) is 107 Å². The third-order valence-electron chi connectivity index (χ3n) is 5.35. The van der Waals surface area contributed by atoms with Gasteiger partial charge in [-0.05, 0) is 49.2 Å². The number of unbranched alkanes of at least 4 members (excludes halogenated alkanes) is 1. The average Bonchev–Trinajstić information content (AvgIpc) is 2.78. The number of nitrogens with one attached hydrogen (secondary N) is 1. The Labute approximate surface area is 185 Å². The molecule has 0 spiro atoms. The van der Waals surface area contributed by atoms with Crippen molar-refractivity contribution >= 4 is 28.4 Å². The molecule has 1 amide bonds. The molecular formula is C25H25N3O4. The maximum atomic E-state index is 12.0. The summed E-state index contributed by atoms with van der Waals surface area (Å²) in [5.74, 6) is 1.01. The number of carbonyl (C=O) groups excluding carboxylic acids is 1. The number of anilines is 2. The Kier molecular flexibility index (Phi) is 6.07. The van der Waals surface area contributed by atoms with Crippen molar-refractivity contribution in [3.8, 4) is 17.2 Å². The minimum absolute atomic E-state index is 0.0107. The smallest absolute Gasteiger partial charge is 0.224 e. The molecule has 7 nitrogen and oxygen atoms in total. The zero-order chi connectivity index (χ0) is 22.7. The fraction of sp³-hybridized carbons (Fsp3) is 0.240. The van der Waals surface area contributed by atoms with Crippen molar-refractivity contribution in [2.45, 2.75) is 39.7 Å². The number of rotatable bonds is 7. The first-order valence-corrected chi connectivity index (χ1v) is 10.6. The number of carbonyl (C=O) groups is 1. The van der Waals surface area contributed by atoms with Crippen molar-refractivity contribution in [1.29, 1.82) is 0 Å². The molecule has 32 heavy (non-hydrogen) atoms. The Bertz CT molecular complexity index is 1310. The molecular weight excluding hydrogens is 406 g/mol. The van der Waals surface area contributed by atoms with Crippen molar-refractivity contribution in [3.63, 3.8) is 0 Å². The van der Waals surface area contributed by atoms with Crippen molar-refractivity contribution in [2.24, 2.45) is 0 Å². The second kappa shape index (κ2) is 9.09. The summed E-state index contributed by atoms with van der Waals surface area (Å²) in [5.41, 5.74) is 10.9. The lowest BCUT2D eigenvalue weighted by atomic mass is 10.1. The summed E-state index contributed by atoms with van der Waals surface area (Å²) in [6, 6.07) is 13.6. The summed E-state index contributed by atoms with van der Waals surface area (Å²) < 4.78 is 11.8. The van der Waals surface area contributed by atoms with Crippen LogP contribution in [0.4, 0.5) is 11.4 Å². The number of nitrogens with two attached hydrogens (primary N) is 1. The number of nitrogens with zero attached hydrogens (tertiary/aromatic N) is 1. The van der Waals surface area contributed by atoms with E-state index < -0.39 is 0 Å². The Hall–Kier alpha value is -3.87. The quantitative estimate of drug-likeness (QED) is 0.319. The van der Waals surface area contributed by atoms with Gasteiger partial charge in [-0.25, -0.2) is 4.98 Å². The number of fused-ring (bicyclic) bond motifs is 2. The van der Waals surface area contributed by atoms with E-state index in [0.29, 0.717) is 46.1 Å². The number of amides is 1. The SMILES string of the molecule is CCCCC(=O)Nc1ccc(COc2ccc3nc4ccc(=O)cc-4oc3c2)c(N)c1C. The highest BCUT2D eigenvalue weighted by atomic mass is 16.5. The third-order valence-corrected chi connectivity index (χ3v) is 5.35. The molecule has 0 saturated carbocycles. The standard InChI is InChI=1S/C25H25N3O4/c1-3-4-5-24(30)28-19-9-6-16(25(26)15(19)2)14-31-18-8-11-21-23(13-18)32-22-12-17(29)7-10-20(22)27-21/h6-13H,3-5,14,26H2,1-2H3,(H,28,30). The molecule has 2 aromatic carbocycles. The Morgan fingerprint density at radius 3 is 2.81 bits per heavy atom. The zero-order valence-electron chi connectivity index (χ0n) is 18.1. The Morgan fingerprint density at radius 2 is 2.00 bits per heavy atom.